The number of anilines is 1. The summed E-state index contributed by atoms with van der Waals surface area (Å²) in [6, 6.07) is 15.6. The first-order valence-electron chi connectivity index (χ1n) is 9.19. The number of nitrogens with one attached hydrogen (secondary N) is 1. The Bertz CT molecular complexity index is 1170. The number of hydrogen-bond donors (Lipinski definition) is 1. The van der Waals surface area contributed by atoms with Gasteiger partial charge in [-0.2, -0.15) is 10.2 Å². The van der Waals surface area contributed by atoms with Gasteiger partial charge in [-0.3, -0.25) is 4.79 Å². The topological polar surface area (TPSA) is 83.2 Å². The van der Waals surface area contributed by atoms with Gasteiger partial charge in [0, 0.05) is 16.2 Å². The number of rotatable bonds is 8. The van der Waals surface area contributed by atoms with Crippen LogP contribution in [-0.4, -0.2) is 25.5 Å². The molecule has 158 valence electrons. The molecule has 8 nitrogen and oxygen atoms in total. The molecule has 0 saturated heterocycles. The second-order valence-corrected chi connectivity index (χ2v) is 7.27. The lowest BCUT2D eigenvalue weighted by atomic mass is 10.3. The summed E-state index contributed by atoms with van der Waals surface area (Å²) in [5.74, 6) is 0.901. The quantitative estimate of drug-likeness (QED) is 0.414. The normalized spacial score (nSPS) is 10.6. The molecule has 0 spiro atoms. The number of hydrogen-bond acceptors (Lipinski definition) is 5. The third-order valence-electron chi connectivity index (χ3n) is 4.17. The lowest BCUT2D eigenvalue weighted by molar-refractivity contribution is 0.100. The zero-order valence-electron chi connectivity index (χ0n) is 16.1. The van der Waals surface area contributed by atoms with Gasteiger partial charge in [-0.15, -0.1) is 0 Å². The van der Waals surface area contributed by atoms with Gasteiger partial charge < -0.3 is 14.8 Å². The molecule has 2 aromatic heterocycles. The van der Waals surface area contributed by atoms with Gasteiger partial charge in [0.05, 0.1) is 18.1 Å². The van der Waals surface area contributed by atoms with Crippen LogP contribution in [0.4, 0.5) is 5.69 Å². The molecule has 4 aromatic rings. The molecule has 0 bridgehead atoms. The molecular formula is C21H17Cl2N5O3. The SMILES string of the molecule is O=C(Nc1cnn(COc2cccc(Cl)c2)c1)c1ccnn1COc1ccc(Cl)cc1. The van der Waals surface area contributed by atoms with Crippen LogP contribution in [0.3, 0.4) is 0 Å². The predicted octanol–water partition coefficient (Wildman–Crippen LogP) is 4.71. The highest BCUT2D eigenvalue weighted by Gasteiger charge is 2.14. The molecule has 31 heavy (non-hydrogen) atoms. The van der Waals surface area contributed by atoms with E-state index in [0.717, 1.165) is 0 Å². The van der Waals surface area contributed by atoms with Gasteiger partial charge in [0.1, 0.15) is 17.2 Å². The molecule has 1 amide bonds. The highest BCUT2D eigenvalue weighted by atomic mass is 35.5. The van der Waals surface area contributed by atoms with Gasteiger partial charge in [-0.1, -0.05) is 29.3 Å². The molecule has 2 heterocycles. The van der Waals surface area contributed by atoms with Crippen molar-refractivity contribution in [2.24, 2.45) is 0 Å². The van der Waals surface area contributed by atoms with E-state index < -0.39 is 0 Å². The minimum Gasteiger partial charge on any atom is -0.471 e. The van der Waals surface area contributed by atoms with Crippen molar-refractivity contribution in [3.63, 3.8) is 0 Å². The van der Waals surface area contributed by atoms with Gasteiger partial charge >= 0.3 is 0 Å². The molecule has 2 aromatic carbocycles. The maximum atomic E-state index is 12.7. The van der Waals surface area contributed by atoms with Crippen molar-refractivity contribution < 1.29 is 14.3 Å². The van der Waals surface area contributed by atoms with Crippen molar-refractivity contribution in [3.8, 4) is 11.5 Å². The number of benzene rings is 2. The van der Waals surface area contributed by atoms with Crippen LogP contribution in [-0.2, 0) is 13.5 Å². The van der Waals surface area contributed by atoms with E-state index >= 15 is 0 Å². The minimum atomic E-state index is -0.340. The Morgan fingerprint density at radius 3 is 2.55 bits per heavy atom. The molecule has 0 saturated carbocycles. The highest BCUT2D eigenvalue weighted by Crippen LogP contribution is 2.18. The highest BCUT2D eigenvalue weighted by molar-refractivity contribution is 6.30. The average Bonchev–Trinajstić information content (AvgIpc) is 3.41. The van der Waals surface area contributed by atoms with Crippen LogP contribution in [0.2, 0.25) is 10.0 Å². The summed E-state index contributed by atoms with van der Waals surface area (Å²) in [6.07, 6.45) is 4.72. The van der Waals surface area contributed by atoms with E-state index in [1.807, 2.05) is 0 Å². The fourth-order valence-corrected chi connectivity index (χ4v) is 2.99. The molecular weight excluding hydrogens is 441 g/mol. The van der Waals surface area contributed by atoms with Crippen LogP contribution in [0.15, 0.2) is 73.2 Å². The van der Waals surface area contributed by atoms with E-state index in [4.69, 9.17) is 32.7 Å². The number of aromatic nitrogens is 4. The van der Waals surface area contributed by atoms with Gasteiger partial charge in [-0.05, 0) is 48.5 Å². The summed E-state index contributed by atoms with van der Waals surface area (Å²) in [6.45, 7) is 0.243. The summed E-state index contributed by atoms with van der Waals surface area (Å²) in [7, 11) is 0. The molecule has 0 atom stereocenters. The maximum absolute atomic E-state index is 12.7. The molecule has 4 rings (SSSR count). The third-order valence-corrected chi connectivity index (χ3v) is 4.65. The largest absolute Gasteiger partial charge is 0.471 e. The summed E-state index contributed by atoms with van der Waals surface area (Å²) in [5, 5.41) is 12.3. The van der Waals surface area contributed by atoms with Crippen molar-refractivity contribution >= 4 is 34.8 Å². The van der Waals surface area contributed by atoms with Crippen molar-refractivity contribution in [3.05, 3.63) is 88.9 Å². The van der Waals surface area contributed by atoms with Gasteiger partial charge in [-0.25, -0.2) is 9.36 Å². The van der Waals surface area contributed by atoms with Crippen LogP contribution in [0.25, 0.3) is 0 Å². The van der Waals surface area contributed by atoms with Crippen molar-refractivity contribution in [2.75, 3.05) is 5.32 Å². The maximum Gasteiger partial charge on any atom is 0.274 e. The van der Waals surface area contributed by atoms with Crippen molar-refractivity contribution in [1.82, 2.24) is 19.6 Å². The average molecular weight is 458 g/mol. The van der Waals surface area contributed by atoms with E-state index in [1.54, 1.807) is 65.5 Å². The molecule has 1 N–H and O–H groups in total. The van der Waals surface area contributed by atoms with Gasteiger partial charge in [0.2, 0.25) is 0 Å². The summed E-state index contributed by atoms with van der Waals surface area (Å²) >= 11 is 11.8. The van der Waals surface area contributed by atoms with E-state index in [-0.39, 0.29) is 19.4 Å². The standard InChI is InChI=1S/C21H17Cl2N5O3/c22-15-4-6-18(7-5-15)31-14-28-20(8-9-24-28)21(29)26-17-11-25-27(12-17)13-30-19-3-1-2-16(23)10-19/h1-12H,13-14H2,(H,26,29). The molecule has 0 fully saturated rings. The second kappa shape index (κ2) is 9.55. The minimum absolute atomic E-state index is 0.0735. The fraction of sp³-hybridized carbons (Fsp3) is 0.0952. The molecule has 0 aliphatic heterocycles. The van der Waals surface area contributed by atoms with Crippen LogP contribution in [0, 0.1) is 0 Å². The van der Waals surface area contributed by atoms with Crippen molar-refractivity contribution in [1.29, 1.82) is 0 Å². The number of nitrogens with zero attached hydrogens (tertiary/aromatic N) is 4. The number of carbonyl (C=O) groups is 1. The Labute approximate surface area is 187 Å². The van der Waals surface area contributed by atoms with Gasteiger partial charge in [0.25, 0.3) is 5.91 Å². The van der Waals surface area contributed by atoms with E-state index in [2.05, 4.69) is 15.5 Å². The van der Waals surface area contributed by atoms with Crippen LogP contribution in [0.1, 0.15) is 10.5 Å². The second-order valence-electron chi connectivity index (χ2n) is 6.40. The summed E-state index contributed by atoms with van der Waals surface area (Å²) < 4.78 is 14.3. The van der Waals surface area contributed by atoms with Gasteiger partial charge in [0.15, 0.2) is 13.5 Å². The Kier molecular flexibility index (Phi) is 6.40. The molecule has 0 aliphatic carbocycles. The smallest absolute Gasteiger partial charge is 0.274 e. The molecule has 0 aliphatic rings. The first kappa shape index (κ1) is 20.8. The molecule has 10 heteroatoms. The number of carbonyl (C=O) groups excluding carboxylic acids is 1. The Hall–Kier alpha value is -3.49. The zero-order valence-corrected chi connectivity index (χ0v) is 17.6. The molecule has 0 radical (unpaired) electrons. The number of ether oxygens (including phenoxy) is 2. The molecule has 0 unspecified atom stereocenters. The predicted molar refractivity (Wildman–Crippen MR) is 117 cm³/mol. The van der Waals surface area contributed by atoms with Crippen molar-refractivity contribution in [2.45, 2.75) is 13.5 Å². The monoisotopic (exact) mass is 457 g/mol. The third kappa shape index (κ3) is 5.56. The van der Waals surface area contributed by atoms with Crippen LogP contribution >= 0.6 is 23.2 Å². The lowest BCUT2D eigenvalue weighted by Gasteiger charge is -2.09. The lowest BCUT2D eigenvalue weighted by Crippen LogP contribution is -2.19. The van der Waals surface area contributed by atoms with Crippen LogP contribution in [0.5, 0.6) is 11.5 Å². The Morgan fingerprint density at radius 2 is 1.74 bits per heavy atom. The first-order valence-corrected chi connectivity index (χ1v) is 9.95. The first-order chi connectivity index (χ1) is 15.1. The van der Waals surface area contributed by atoms with E-state index in [0.29, 0.717) is 32.9 Å². The number of halogens is 2. The fourth-order valence-electron chi connectivity index (χ4n) is 2.69. The summed E-state index contributed by atoms with van der Waals surface area (Å²) in [4.78, 5) is 12.7. The zero-order chi connectivity index (χ0) is 21.6. The Morgan fingerprint density at radius 1 is 0.935 bits per heavy atom. The van der Waals surface area contributed by atoms with Crippen LogP contribution < -0.4 is 14.8 Å². The van der Waals surface area contributed by atoms with E-state index in [9.17, 15) is 4.79 Å². The summed E-state index contributed by atoms with van der Waals surface area (Å²) in [5.41, 5.74) is 0.864. The number of amides is 1. The van der Waals surface area contributed by atoms with E-state index in [1.165, 1.54) is 17.1 Å². The Balaban J connectivity index is 1.33.